The molecule has 1 heterocycles. The van der Waals surface area contributed by atoms with Gasteiger partial charge in [0.1, 0.15) is 0 Å². The number of nitrogens with zero attached hydrogens (tertiary/aromatic N) is 2. The van der Waals surface area contributed by atoms with Crippen molar-refractivity contribution >= 4 is 15.9 Å². The molecule has 6 nitrogen and oxygen atoms in total. The normalized spacial score (nSPS) is 23.7. The first kappa shape index (κ1) is 15.4. The quantitative estimate of drug-likeness (QED) is 0.750. The molecule has 1 aliphatic rings. The van der Waals surface area contributed by atoms with E-state index in [9.17, 15) is 13.2 Å². The van der Waals surface area contributed by atoms with Crippen molar-refractivity contribution < 1.29 is 13.2 Å². The third-order valence-electron chi connectivity index (χ3n) is 3.39. The second-order valence-corrected chi connectivity index (χ2v) is 7.16. The first-order valence-electron chi connectivity index (χ1n) is 6.18. The highest BCUT2D eigenvalue weighted by Gasteiger charge is 2.36. The fourth-order valence-electron chi connectivity index (χ4n) is 2.12. The smallest absolute Gasteiger partial charge is 0.241 e. The predicted molar refractivity (Wildman–Crippen MR) is 70.7 cm³/mol. The Labute approximate surface area is 109 Å². The summed E-state index contributed by atoms with van der Waals surface area (Å²) in [6.45, 7) is 2.41. The van der Waals surface area contributed by atoms with E-state index in [0.29, 0.717) is 13.1 Å². The number of carbonyl (C=O) groups is 1. The summed E-state index contributed by atoms with van der Waals surface area (Å²) in [6.07, 6.45) is 1.80. The van der Waals surface area contributed by atoms with Crippen LogP contribution < -0.4 is 5.32 Å². The van der Waals surface area contributed by atoms with Gasteiger partial charge < -0.3 is 10.2 Å². The van der Waals surface area contributed by atoms with Crippen LogP contribution in [0.5, 0.6) is 0 Å². The summed E-state index contributed by atoms with van der Waals surface area (Å²) in [5, 5.41) is 2.08. The van der Waals surface area contributed by atoms with Crippen molar-refractivity contribution in [2.45, 2.75) is 31.1 Å². The van der Waals surface area contributed by atoms with Gasteiger partial charge in [0.05, 0.1) is 0 Å². The molecule has 0 aromatic heterocycles. The van der Waals surface area contributed by atoms with Gasteiger partial charge in [-0.3, -0.25) is 4.79 Å². The number of amides is 1. The number of sulfonamides is 1. The summed E-state index contributed by atoms with van der Waals surface area (Å²) in [4.78, 5) is 13.1. The van der Waals surface area contributed by atoms with Crippen molar-refractivity contribution in [3.05, 3.63) is 0 Å². The molecule has 1 saturated heterocycles. The molecule has 1 fully saturated rings. The Morgan fingerprint density at radius 3 is 2.56 bits per heavy atom. The predicted octanol–water partition coefficient (Wildman–Crippen LogP) is -0.523. The van der Waals surface area contributed by atoms with E-state index in [-0.39, 0.29) is 11.9 Å². The Morgan fingerprint density at radius 2 is 2.06 bits per heavy atom. The second kappa shape index (κ2) is 5.99. The van der Waals surface area contributed by atoms with Gasteiger partial charge in [0.15, 0.2) is 5.25 Å². The van der Waals surface area contributed by atoms with Gasteiger partial charge in [-0.2, -0.15) is 4.31 Å². The highest BCUT2D eigenvalue weighted by atomic mass is 32.2. The Morgan fingerprint density at radius 1 is 1.44 bits per heavy atom. The summed E-state index contributed by atoms with van der Waals surface area (Å²) in [7, 11) is 1.42. The van der Waals surface area contributed by atoms with Crippen LogP contribution in [0.3, 0.4) is 0 Å². The molecule has 0 radical (unpaired) electrons. The summed E-state index contributed by atoms with van der Waals surface area (Å²) in [5.41, 5.74) is 0. The van der Waals surface area contributed by atoms with Gasteiger partial charge in [-0.15, -0.1) is 0 Å². The number of hydrogen-bond acceptors (Lipinski definition) is 4. The van der Waals surface area contributed by atoms with Crippen LogP contribution in [0.4, 0.5) is 0 Å². The number of carbonyl (C=O) groups excluding carboxylic acids is 1. The van der Waals surface area contributed by atoms with Crippen LogP contribution >= 0.6 is 0 Å². The summed E-state index contributed by atoms with van der Waals surface area (Å²) in [5.74, 6) is -0.374. The topological polar surface area (TPSA) is 69.7 Å². The van der Waals surface area contributed by atoms with E-state index in [0.717, 1.165) is 12.8 Å². The van der Waals surface area contributed by atoms with E-state index in [1.54, 1.807) is 14.1 Å². The maximum Gasteiger partial charge on any atom is 0.241 e. The maximum atomic E-state index is 12.3. The van der Waals surface area contributed by atoms with Gasteiger partial charge in [0.2, 0.25) is 15.9 Å². The molecule has 7 heteroatoms. The van der Waals surface area contributed by atoms with Gasteiger partial charge >= 0.3 is 0 Å². The fourth-order valence-corrected chi connectivity index (χ4v) is 3.81. The number of likely N-dealkylation sites (N-methyl/N-ethyl adjacent to an activating group) is 1. The zero-order valence-electron chi connectivity index (χ0n) is 11.5. The molecular weight excluding hydrogens is 254 g/mol. The third kappa shape index (κ3) is 3.21. The lowest BCUT2D eigenvalue weighted by Gasteiger charge is -2.33. The molecule has 0 aromatic carbocycles. The van der Waals surface area contributed by atoms with E-state index in [4.69, 9.17) is 0 Å². The largest absolute Gasteiger partial charge is 0.348 e. The van der Waals surface area contributed by atoms with Crippen LogP contribution in [-0.2, 0) is 14.8 Å². The molecule has 0 aromatic rings. The number of piperidine rings is 1. The van der Waals surface area contributed by atoms with E-state index >= 15 is 0 Å². The van der Waals surface area contributed by atoms with Crippen LogP contribution in [0.25, 0.3) is 0 Å². The summed E-state index contributed by atoms with van der Waals surface area (Å²) >= 11 is 0. The number of hydrogen-bond donors (Lipinski definition) is 1. The lowest BCUT2D eigenvalue weighted by atomic mass is 10.1. The first-order valence-corrected chi connectivity index (χ1v) is 7.68. The standard InChI is InChI=1S/C11H23N3O3S/c1-9(11(15)13(3)4)18(16,17)14-7-5-6-10(8-14)12-2/h9-10,12H,5-8H2,1-4H3. The minimum absolute atomic E-state index is 0.176. The van der Waals surface area contributed by atoms with Crippen molar-refractivity contribution in [1.82, 2.24) is 14.5 Å². The van der Waals surface area contributed by atoms with Crippen molar-refractivity contribution in [3.63, 3.8) is 0 Å². The van der Waals surface area contributed by atoms with Crippen LogP contribution in [0.15, 0.2) is 0 Å². The monoisotopic (exact) mass is 277 g/mol. The van der Waals surface area contributed by atoms with Crippen LogP contribution in [0.2, 0.25) is 0 Å². The average Bonchev–Trinajstić information content (AvgIpc) is 2.36. The van der Waals surface area contributed by atoms with Crippen molar-refractivity contribution in [1.29, 1.82) is 0 Å². The molecular formula is C11H23N3O3S. The van der Waals surface area contributed by atoms with Gasteiger partial charge in [0, 0.05) is 33.2 Å². The molecule has 2 atom stereocenters. The fraction of sp³-hybridized carbons (Fsp3) is 0.909. The van der Waals surface area contributed by atoms with Gasteiger partial charge in [-0.25, -0.2) is 8.42 Å². The second-order valence-electron chi connectivity index (χ2n) is 4.91. The Bertz CT molecular complexity index is 394. The van der Waals surface area contributed by atoms with Crippen molar-refractivity contribution in [2.75, 3.05) is 34.2 Å². The molecule has 1 N–H and O–H groups in total. The lowest BCUT2D eigenvalue weighted by Crippen LogP contribution is -2.51. The molecule has 0 bridgehead atoms. The van der Waals surface area contributed by atoms with Gasteiger partial charge in [-0.1, -0.05) is 0 Å². The highest BCUT2D eigenvalue weighted by Crippen LogP contribution is 2.18. The molecule has 1 aliphatic heterocycles. The minimum Gasteiger partial charge on any atom is -0.348 e. The average molecular weight is 277 g/mol. The molecule has 0 aliphatic carbocycles. The molecule has 18 heavy (non-hydrogen) atoms. The molecule has 2 unspecified atom stereocenters. The SMILES string of the molecule is CNC1CCCN(S(=O)(=O)C(C)C(=O)N(C)C)C1. The highest BCUT2D eigenvalue weighted by molar-refractivity contribution is 7.90. The van der Waals surface area contributed by atoms with Crippen LogP contribution in [0, 0.1) is 0 Å². The Kier molecular flexibility index (Phi) is 5.12. The lowest BCUT2D eigenvalue weighted by molar-refractivity contribution is -0.128. The number of rotatable bonds is 4. The molecule has 106 valence electrons. The zero-order chi connectivity index (χ0) is 13.9. The van der Waals surface area contributed by atoms with E-state index in [1.165, 1.54) is 16.1 Å². The summed E-state index contributed by atoms with van der Waals surface area (Å²) < 4.78 is 26.1. The van der Waals surface area contributed by atoms with Crippen LogP contribution in [0.1, 0.15) is 19.8 Å². The van der Waals surface area contributed by atoms with Crippen molar-refractivity contribution in [3.8, 4) is 0 Å². The maximum absolute atomic E-state index is 12.3. The molecule has 1 amide bonds. The van der Waals surface area contributed by atoms with Crippen molar-refractivity contribution in [2.24, 2.45) is 0 Å². The zero-order valence-corrected chi connectivity index (χ0v) is 12.3. The summed E-state index contributed by atoms with van der Waals surface area (Å²) in [6, 6.07) is 0.176. The molecule has 0 spiro atoms. The molecule has 1 rings (SSSR count). The van der Waals surface area contributed by atoms with Crippen LogP contribution in [-0.4, -0.2) is 69.1 Å². The van der Waals surface area contributed by atoms with Gasteiger partial charge in [-0.05, 0) is 26.8 Å². The first-order chi connectivity index (χ1) is 8.30. The third-order valence-corrected chi connectivity index (χ3v) is 5.53. The van der Waals surface area contributed by atoms with Gasteiger partial charge in [0.25, 0.3) is 0 Å². The Balaban J connectivity index is 2.82. The van der Waals surface area contributed by atoms with E-state index in [1.807, 2.05) is 7.05 Å². The Hall–Kier alpha value is -0.660. The van der Waals surface area contributed by atoms with E-state index < -0.39 is 15.3 Å². The molecule has 0 saturated carbocycles. The minimum atomic E-state index is -3.55. The number of nitrogens with one attached hydrogen (secondary N) is 1. The van der Waals surface area contributed by atoms with E-state index in [2.05, 4.69) is 5.32 Å².